The molecule has 2 atom stereocenters. The van der Waals surface area contributed by atoms with Crippen LogP contribution in [-0.4, -0.2) is 56.7 Å². The van der Waals surface area contributed by atoms with E-state index in [-0.39, 0.29) is 23.7 Å². The van der Waals surface area contributed by atoms with Gasteiger partial charge in [-0.05, 0) is 44.1 Å². The first-order chi connectivity index (χ1) is 13.0. The highest BCUT2D eigenvalue weighted by molar-refractivity contribution is 7.89. The van der Waals surface area contributed by atoms with Crippen LogP contribution in [0.1, 0.15) is 37.7 Å². The first-order valence-corrected chi connectivity index (χ1v) is 11.6. The maximum absolute atomic E-state index is 12.7. The van der Waals surface area contributed by atoms with Crippen LogP contribution in [0.3, 0.4) is 0 Å². The average molecular weight is 395 g/mol. The maximum atomic E-state index is 12.7. The van der Waals surface area contributed by atoms with Crippen molar-refractivity contribution >= 4 is 15.9 Å². The van der Waals surface area contributed by atoms with Gasteiger partial charge in [0.25, 0.3) is 0 Å². The predicted molar refractivity (Wildman–Crippen MR) is 105 cm³/mol. The summed E-state index contributed by atoms with van der Waals surface area (Å²) in [5, 5.41) is 2.95. The zero-order valence-electron chi connectivity index (χ0n) is 15.8. The molecule has 2 aliphatic rings. The molecule has 0 aliphatic carbocycles. The molecule has 7 heteroatoms. The first-order valence-electron chi connectivity index (χ1n) is 9.95. The van der Waals surface area contributed by atoms with Gasteiger partial charge in [0, 0.05) is 26.2 Å². The molecule has 1 amide bonds. The van der Waals surface area contributed by atoms with Gasteiger partial charge >= 0.3 is 0 Å². The molecule has 2 fully saturated rings. The Morgan fingerprint density at radius 3 is 2.74 bits per heavy atom. The zero-order valence-corrected chi connectivity index (χ0v) is 16.6. The first kappa shape index (κ1) is 20.3. The number of rotatable bonds is 8. The average Bonchev–Trinajstić information content (AvgIpc) is 3.20. The number of aryl methyl sites for hydroxylation is 1. The molecule has 0 radical (unpaired) electrons. The Kier molecular flexibility index (Phi) is 7.26. The van der Waals surface area contributed by atoms with Gasteiger partial charge in [0.1, 0.15) is 0 Å². The quantitative estimate of drug-likeness (QED) is 0.731. The lowest BCUT2D eigenvalue weighted by atomic mass is 9.99. The van der Waals surface area contributed by atoms with Gasteiger partial charge in [-0.3, -0.25) is 4.79 Å². The third kappa shape index (κ3) is 6.02. The summed E-state index contributed by atoms with van der Waals surface area (Å²) in [5.74, 6) is -0.176. The van der Waals surface area contributed by atoms with Crippen LogP contribution in [0.4, 0.5) is 0 Å². The Hall–Kier alpha value is -1.44. The van der Waals surface area contributed by atoms with E-state index in [4.69, 9.17) is 4.74 Å². The Morgan fingerprint density at radius 2 is 2.00 bits per heavy atom. The summed E-state index contributed by atoms with van der Waals surface area (Å²) < 4.78 is 32.4. The number of ether oxygens (including phenoxy) is 1. The highest BCUT2D eigenvalue weighted by Gasteiger charge is 2.32. The van der Waals surface area contributed by atoms with Gasteiger partial charge in [-0.2, -0.15) is 0 Å². The van der Waals surface area contributed by atoms with Crippen molar-refractivity contribution in [2.45, 2.75) is 44.6 Å². The second-order valence-corrected chi connectivity index (χ2v) is 9.57. The summed E-state index contributed by atoms with van der Waals surface area (Å²) in [6.07, 6.45) is 4.95. The third-order valence-electron chi connectivity index (χ3n) is 5.39. The van der Waals surface area contributed by atoms with Crippen LogP contribution in [-0.2, 0) is 26.0 Å². The maximum Gasteiger partial charge on any atom is 0.224 e. The number of nitrogens with zero attached hydrogens (tertiary/aromatic N) is 1. The molecule has 3 rings (SSSR count). The van der Waals surface area contributed by atoms with Crippen LogP contribution in [0, 0.1) is 5.92 Å². The Labute approximate surface area is 162 Å². The molecule has 0 bridgehead atoms. The number of carbonyl (C=O) groups is 1. The minimum absolute atomic E-state index is 0.0466. The molecule has 0 unspecified atom stereocenters. The fourth-order valence-corrected chi connectivity index (χ4v) is 5.39. The summed E-state index contributed by atoms with van der Waals surface area (Å²) >= 11 is 0. The fourth-order valence-electron chi connectivity index (χ4n) is 3.81. The minimum atomic E-state index is -3.32. The molecule has 0 aromatic heterocycles. The van der Waals surface area contributed by atoms with Crippen molar-refractivity contribution < 1.29 is 17.9 Å². The lowest BCUT2D eigenvalue weighted by Crippen LogP contribution is -2.47. The lowest BCUT2D eigenvalue weighted by molar-refractivity contribution is -0.126. The molecule has 6 nitrogen and oxygen atoms in total. The third-order valence-corrected chi connectivity index (χ3v) is 7.31. The molecule has 150 valence electrons. The number of sulfonamides is 1. The second kappa shape index (κ2) is 9.66. The van der Waals surface area contributed by atoms with Crippen LogP contribution in [0.2, 0.25) is 0 Å². The van der Waals surface area contributed by atoms with E-state index >= 15 is 0 Å². The van der Waals surface area contributed by atoms with Crippen molar-refractivity contribution in [3.63, 3.8) is 0 Å². The normalized spacial score (nSPS) is 24.0. The molecular weight excluding hydrogens is 364 g/mol. The minimum Gasteiger partial charge on any atom is -0.376 e. The molecule has 0 saturated carbocycles. The number of benzene rings is 1. The summed E-state index contributed by atoms with van der Waals surface area (Å²) in [6, 6.07) is 9.92. The van der Waals surface area contributed by atoms with Crippen molar-refractivity contribution in [1.29, 1.82) is 0 Å². The van der Waals surface area contributed by atoms with Crippen molar-refractivity contribution in [1.82, 2.24) is 9.62 Å². The topological polar surface area (TPSA) is 75.7 Å². The monoisotopic (exact) mass is 394 g/mol. The Bertz CT molecular complexity index is 702. The number of hydrogen-bond donors (Lipinski definition) is 1. The van der Waals surface area contributed by atoms with Crippen LogP contribution >= 0.6 is 0 Å². The van der Waals surface area contributed by atoms with E-state index < -0.39 is 10.0 Å². The van der Waals surface area contributed by atoms with E-state index in [1.165, 1.54) is 4.31 Å². The van der Waals surface area contributed by atoms with Crippen LogP contribution in [0.15, 0.2) is 30.3 Å². The molecule has 1 aromatic rings. The van der Waals surface area contributed by atoms with Gasteiger partial charge in [0.15, 0.2) is 0 Å². The highest BCUT2D eigenvalue weighted by Crippen LogP contribution is 2.21. The number of hydrogen-bond acceptors (Lipinski definition) is 4. The summed E-state index contributed by atoms with van der Waals surface area (Å²) in [6.45, 7) is 2.10. The van der Waals surface area contributed by atoms with E-state index in [0.717, 1.165) is 44.3 Å². The lowest BCUT2D eigenvalue weighted by Gasteiger charge is -2.31. The van der Waals surface area contributed by atoms with Gasteiger partial charge in [-0.15, -0.1) is 0 Å². The molecule has 1 N–H and O–H groups in total. The van der Waals surface area contributed by atoms with Gasteiger partial charge < -0.3 is 10.1 Å². The molecular formula is C20H30N2O4S. The molecule has 27 heavy (non-hydrogen) atoms. The number of nitrogens with one attached hydrogen (secondary N) is 1. The largest absolute Gasteiger partial charge is 0.376 e. The smallest absolute Gasteiger partial charge is 0.224 e. The van der Waals surface area contributed by atoms with Crippen LogP contribution in [0.25, 0.3) is 0 Å². The molecule has 2 heterocycles. The van der Waals surface area contributed by atoms with Gasteiger partial charge in [0.05, 0.1) is 17.8 Å². The van der Waals surface area contributed by atoms with Gasteiger partial charge in [-0.1, -0.05) is 30.3 Å². The van der Waals surface area contributed by atoms with Crippen molar-refractivity contribution in [3.8, 4) is 0 Å². The van der Waals surface area contributed by atoms with E-state index in [9.17, 15) is 13.2 Å². The highest BCUT2D eigenvalue weighted by atomic mass is 32.2. The summed E-state index contributed by atoms with van der Waals surface area (Å²) in [4.78, 5) is 12.4. The fraction of sp³-hybridized carbons (Fsp3) is 0.650. The van der Waals surface area contributed by atoms with Crippen molar-refractivity contribution in [2.24, 2.45) is 5.92 Å². The van der Waals surface area contributed by atoms with Crippen LogP contribution < -0.4 is 5.32 Å². The summed E-state index contributed by atoms with van der Waals surface area (Å²) in [7, 11) is -3.32. The SMILES string of the molecule is O=C(NC[C@@H]1CCCO1)[C@@H]1CCCN(S(=O)(=O)CCCc2ccccc2)C1. The van der Waals surface area contributed by atoms with E-state index in [1.54, 1.807) is 0 Å². The zero-order chi connectivity index (χ0) is 19.1. The van der Waals surface area contributed by atoms with Gasteiger partial charge in [-0.25, -0.2) is 12.7 Å². The van der Waals surface area contributed by atoms with E-state index in [2.05, 4.69) is 5.32 Å². The van der Waals surface area contributed by atoms with Crippen molar-refractivity contribution in [3.05, 3.63) is 35.9 Å². The van der Waals surface area contributed by atoms with Crippen molar-refractivity contribution in [2.75, 3.05) is 32.0 Å². The summed E-state index contributed by atoms with van der Waals surface area (Å²) in [5.41, 5.74) is 1.15. The molecule has 2 saturated heterocycles. The second-order valence-electron chi connectivity index (χ2n) is 7.48. The predicted octanol–water partition coefficient (Wildman–Crippen LogP) is 1.96. The number of carbonyl (C=O) groups excluding carboxylic acids is 1. The molecule has 0 spiro atoms. The van der Waals surface area contributed by atoms with Crippen LogP contribution in [0.5, 0.6) is 0 Å². The van der Waals surface area contributed by atoms with E-state index in [1.807, 2.05) is 30.3 Å². The van der Waals surface area contributed by atoms with E-state index in [0.29, 0.717) is 26.1 Å². The number of piperidine rings is 1. The molecule has 2 aliphatic heterocycles. The standard InChI is InChI=1S/C20H30N2O4S/c23-20(21-15-19-11-5-13-26-19)18-10-4-12-22(16-18)27(24,25)14-6-9-17-7-2-1-3-8-17/h1-3,7-8,18-19H,4-6,9-16H2,(H,21,23)/t18-,19+/m1/s1. The Balaban J connectivity index is 1.46. The number of amides is 1. The molecule has 1 aromatic carbocycles. The Morgan fingerprint density at radius 1 is 1.19 bits per heavy atom. The van der Waals surface area contributed by atoms with Gasteiger partial charge in [0.2, 0.25) is 15.9 Å².